The summed E-state index contributed by atoms with van der Waals surface area (Å²) in [5, 5.41) is 0.477. The normalized spacial score (nSPS) is 14.3. The van der Waals surface area contributed by atoms with E-state index in [-0.39, 0.29) is 16.8 Å². The molecule has 0 saturated carbocycles. The Hall–Kier alpha value is -2.49. The van der Waals surface area contributed by atoms with Crippen molar-refractivity contribution in [3.8, 4) is 0 Å². The molecule has 2 heterocycles. The molecule has 0 fully saturated rings. The fourth-order valence-corrected chi connectivity index (χ4v) is 2.31. The molecule has 1 radical (unpaired) electrons. The lowest BCUT2D eigenvalue weighted by atomic mass is 9.99. The molecule has 3 rings (SSSR count). The zero-order valence-corrected chi connectivity index (χ0v) is 11.3. The van der Waals surface area contributed by atoms with Crippen LogP contribution in [0.25, 0.3) is 11.0 Å². The van der Waals surface area contributed by atoms with Gasteiger partial charge in [0.15, 0.2) is 5.78 Å². The third kappa shape index (κ3) is 1.90. The van der Waals surface area contributed by atoms with Gasteiger partial charge in [-0.2, -0.15) is 0 Å². The van der Waals surface area contributed by atoms with Crippen LogP contribution >= 0.6 is 0 Å². The summed E-state index contributed by atoms with van der Waals surface area (Å²) in [6.45, 7) is 1.87. The number of hydrogen-bond acceptors (Lipinski definition) is 3. The van der Waals surface area contributed by atoms with Gasteiger partial charge in [0.05, 0.1) is 16.9 Å². The minimum Gasteiger partial charge on any atom is -0.335 e. The zero-order chi connectivity index (χ0) is 14.3. The topological polar surface area (TPSA) is 52.0 Å². The van der Waals surface area contributed by atoms with Gasteiger partial charge in [-0.1, -0.05) is 24.3 Å². The van der Waals surface area contributed by atoms with Crippen LogP contribution in [0.3, 0.4) is 0 Å². The molecule has 0 bridgehead atoms. The Labute approximate surface area is 116 Å². The maximum absolute atomic E-state index is 12.5. The molecular formula is C16H13N2O2. The molecule has 4 heteroatoms. The highest BCUT2D eigenvalue weighted by Crippen LogP contribution is 2.18. The van der Waals surface area contributed by atoms with Gasteiger partial charge in [-0.3, -0.25) is 9.59 Å². The Morgan fingerprint density at radius 2 is 1.95 bits per heavy atom. The van der Waals surface area contributed by atoms with Gasteiger partial charge in [-0.15, -0.1) is 0 Å². The predicted molar refractivity (Wildman–Crippen MR) is 77.6 cm³/mol. The van der Waals surface area contributed by atoms with E-state index in [1.54, 1.807) is 54.4 Å². The van der Waals surface area contributed by atoms with E-state index in [0.29, 0.717) is 17.0 Å². The smallest absolute Gasteiger partial charge is 0.201 e. The van der Waals surface area contributed by atoms with Crippen LogP contribution < -0.4 is 5.43 Å². The van der Waals surface area contributed by atoms with Gasteiger partial charge in [0.25, 0.3) is 0 Å². The first-order chi connectivity index (χ1) is 9.58. The lowest BCUT2D eigenvalue weighted by Gasteiger charge is -2.09. The van der Waals surface area contributed by atoms with Crippen LogP contribution in [0.2, 0.25) is 0 Å². The molecule has 2 aromatic rings. The van der Waals surface area contributed by atoms with Crippen LogP contribution in [0.1, 0.15) is 15.9 Å². The number of carbonyl (C=O) groups excluding carboxylic acids is 1. The fraction of sp³-hybridized carbons (Fsp3) is 0.125. The Bertz CT molecular complexity index is 816. The summed E-state index contributed by atoms with van der Waals surface area (Å²) in [7, 11) is 1.78. The molecule has 0 atom stereocenters. The average molecular weight is 265 g/mol. The Balaban J connectivity index is 2.24. The van der Waals surface area contributed by atoms with Crippen molar-refractivity contribution in [3.63, 3.8) is 0 Å². The molecule has 0 aliphatic heterocycles. The van der Waals surface area contributed by atoms with E-state index in [1.807, 2.05) is 6.92 Å². The van der Waals surface area contributed by atoms with E-state index < -0.39 is 0 Å². The summed E-state index contributed by atoms with van der Waals surface area (Å²) in [5.41, 5.74) is 1.39. The maximum Gasteiger partial charge on any atom is 0.201 e. The number of aryl methyl sites for hydroxylation is 2. The van der Waals surface area contributed by atoms with Crippen molar-refractivity contribution in [1.82, 2.24) is 9.55 Å². The quantitative estimate of drug-likeness (QED) is 0.782. The number of Topliss-reactive ketones (excluding diaryl/α,β-unsaturated/α-hetero) is 1. The van der Waals surface area contributed by atoms with Gasteiger partial charge in [-0.05, 0) is 18.6 Å². The standard InChI is InChI=1S/C16H13N2O2/c1-10-7-12-15(20)13(9-18(2)16(12)17-8-10)14(19)11-5-3-4-6-11/h3-9H,1-2H3. The van der Waals surface area contributed by atoms with Crippen LogP contribution in [0.15, 0.2) is 47.6 Å². The van der Waals surface area contributed by atoms with Crippen molar-refractivity contribution >= 4 is 16.8 Å². The van der Waals surface area contributed by atoms with Crippen molar-refractivity contribution in [3.05, 3.63) is 70.0 Å². The Kier molecular flexibility index (Phi) is 2.86. The number of rotatable bonds is 2. The first kappa shape index (κ1) is 12.5. The van der Waals surface area contributed by atoms with Crippen LogP contribution in [0.4, 0.5) is 0 Å². The minimum atomic E-state index is -0.263. The second-order valence-corrected chi connectivity index (χ2v) is 4.87. The number of pyridine rings is 2. The van der Waals surface area contributed by atoms with Gasteiger partial charge in [0.2, 0.25) is 5.43 Å². The van der Waals surface area contributed by atoms with E-state index in [9.17, 15) is 9.59 Å². The fourth-order valence-electron chi connectivity index (χ4n) is 2.31. The van der Waals surface area contributed by atoms with E-state index in [1.165, 1.54) is 0 Å². The van der Waals surface area contributed by atoms with Crippen LogP contribution in [0.5, 0.6) is 0 Å². The van der Waals surface area contributed by atoms with Gasteiger partial charge < -0.3 is 4.57 Å². The highest BCUT2D eigenvalue weighted by molar-refractivity contribution is 6.11. The summed E-state index contributed by atoms with van der Waals surface area (Å²) in [4.78, 5) is 29.1. The molecule has 0 saturated heterocycles. The highest BCUT2D eigenvalue weighted by atomic mass is 16.1. The van der Waals surface area contributed by atoms with Gasteiger partial charge >= 0.3 is 0 Å². The molecule has 2 aromatic heterocycles. The molecule has 0 unspecified atom stereocenters. The summed E-state index contributed by atoms with van der Waals surface area (Å²) in [6.07, 6.45) is 10.2. The second kappa shape index (κ2) is 4.56. The van der Waals surface area contributed by atoms with Crippen molar-refractivity contribution < 1.29 is 4.79 Å². The van der Waals surface area contributed by atoms with E-state index in [0.717, 1.165) is 5.56 Å². The SMILES string of the molecule is Cc1cnc2c(c1)c(=O)c(C(=O)[C]1C=CC=C1)cn2C. The Morgan fingerprint density at radius 3 is 2.65 bits per heavy atom. The molecule has 0 spiro atoms. The van der Waals surface area contributed by atoms with E-state index >= 15 is 0 Å². The second-order valence-electron chi connectivity index (χ2n) is 4.87. The zero-order valence-electron chi connectivity index (χ0n) is 11.3. The molecule has 1 aliphatic rings. The predicted octanol–water partition coefficient (Wildman–Crippen LogP) is 2.13. The van der Waals surface area contributed by atoms with Crippen LogP contribution in [-0.4, -0.2) is 15.3 Å². The molecule has 1 aliphatic carbocycles. The monoisotopic (exact) mass is 265 g/mol. The van der Waals surface area contributed by atoms with Crippen molar-refractivity contribution in [2.24, 2.45) is 7.05 Å². The molecule has 99 valence electrons. The van der Waals surface area contributed by atoms with Crippen LogP contribution in [-0.2, 0) is 7.05 Å². The molecule has 0 amide bonds. The number of carbonyl (C=O) groups is 1. The molecule has 0 aromatic carbocycles. The first-order valence-corrected chi connectivity index (χ1v) is 6.30. The molecule has 0 N–H and O–H groups in total. The number of nitrogens with zero attached hydrogens (tertiary/aromatic N) is 2. The highest BCUT2D eigenvalue weighted by Gasteiger charge is 2.22. The summed E-state index contributed by atoms with van der Waals surface area (Å²) >= 11 is 0. The number of fused-ring (bicyclic) bond motifs is 1. The van der Waals surface area contributed by atoms with Gasteiger partial charge in [0, 0.05) is 19.4 Å². The lowest BCUT2D eigenvalue weighted by Crippen LogP contribution is -2.21. The largest absolute Gasteiger partial charge is 0.335 e. The van der Waals surface area contributed by atoms with Crippen LogP contribution in [0, 0.1) is 12.8 Å². The minimum absolute atomic E-state index is 0.179. The number of aromatic nitrogens is 2. The molecular weight excluding hydrogens is 252 g/mol. The van der Waals surface area contributed by atoms with Gasteiger partial charge in [-0.25, -0.2) is 4.98 Å². The maximum atomic E-state index is 12.5. The Morgan fingerprint density at radius 1 is 1.25 bits per heavy atom. The van der Waals surface area contributed by atoms with Crippen molar-refractivity contribution in [2.45, 2.75) is 6.92 Å². The first-order valence-electron chi connectivity index (χ1n) is 6.30. The van der Waals surface area contributed by atoms with Crippen molar-refractivity contribution in [1.29, 1.82) is 0 Å². The summed E-state index contributed by atoms with van der Waals surface area (Å²) < 4.78 is 1.71. The number of allylic oxidation sites excluding steroid dienone is 4. The van der Waals surface area contributed by atoms with E-state index in [2.05, 4.69) is 4.98 Å². The summed E-state index contributed by atoms with van der Waals surface area (Å²) in [5.74, 6) is 0.279. The third-order valence-corrected chi connectivity index (χ3v) is 3.32. The van der Waals surface area contributed by atoms with Gasteiger partial charge in [0.1, 0.15) is 5.65 Å². The third-order valence-electron chi connectivity index (χ3n) is 3.32. The van der Waals surface area contributed by atoms with E-state index in [4.69, 9.17) is 0 Å². The number of ketones is 1. The van der Waals surface area contributed by atoms with Crippen molar-refractivity contribution in [2.75, 3.05) is 0 Å². The molecule has 4 nitrogen and oxygen atoms in total. The lowest BCUT2D eigenvalue weighted by molar-refractivity contribution is 0.102. The number of hydrogen-bond donors (Lipinski definition) is 0. The summed E-state index contributed by atoms with van der Waals surface area (Å²) in [6, 6.07) is 1.77. The molecule has 20 heavy (non-hydrogen) atoms. The average Bonchev–Trinajstić information content (AvgIpc) is 2.96.